The lowest BCUT2D eigenvalue weighted by molar-refractivity contribution is -0.144. The minimum atomic E-state index is -4.43. The number of nitrogens with zero attached hydrogens (tertiary/aromatic N) is 1. The van der Waals surface area contributed by atoms with Crippen molar-refractivity contribution in [2.75, 3.05) is 25.5 Å². The van der Waals surface area contributed by atoms with Crippen LogP contribution in [0.15, 0.2) is 132 Å². The minimum absolute atomic E-state index is 0.134. The van der Waals surface area contributed by atoms with E-state index in [1.54, 1.807) is 24.3 Å². The first-order valence-electron chi connectivity index (χ1n) is 19.3. The third kappa shape index (κ3) is 12.5. The van der Waals surface area contributed by atoms with Gasteiger partial charge in [-0.05, 0) is 115 Å². The number of aliphatic carboxylic acids is 3. The van der Waals surface area contributed by atoms with E-state index in [-0.39, 0.29) is 23.1 Å². The number of hydrogen-bond acceptors (Lipinski definition) is 8. The maximum absolute atomic E-state index is 13.1. The summed E-state index contributed by atoms with van der Waals surface area (Å²) in [6.07, 6.45) is -3.59. The Hall–Kier alpha value is -6.56. The third-order valence-electron chi connectivity index (χ3n) is 10.2. The van der Waals surface area contributed by atoms with Gasteiger partial charge in [0.05, 0.1) is 17.6 Å². The van der Waals surface area contributed by atoms with Gasteiger partial charge in [0.2, 0.25) is 10.0 Å². The lowest BCUT2D eigenvalue weighted by Gasteiger charge is -2.36. The number of sulfonamides is 1. The molecule has 1 heterocycles. The third-order valence-corrected chi connectivity index (χ3v) is 11.7. The molecule has 5 N–H and O–H groups in total. The van der Waals surface area contributed by atoms with Gasteiger partial charge in [0.1, 0.15) is 17.8 Å². The number of halogens is 3. The van der Waals surface area contributed by atoms with Crippen LogP contribution in [0.5, 0.6) is 5.75 Å². The molecule has 1 fully saturated rings. The summed E-state index contributed by atoms with van der Waals surface area (Å²) in [6, 6.07) is 31.6. The maximum Gasteiger partial charge on any atom is 0.416 e. The van der Waals surface area contributed by atoms with Crippen molar-refractivity contribution in [3.8, 4) is 16.9 Å². The molecule has 1 saturated heterocycles. The number of likely N-dealkylation sites (tertiary alicyclic amines) is 1. The average molecular weight is 876 g/mol. The number of carbonyl (C=O) groups excluding carboxylic acids is 1. The van der Waals surface area contributed by atoms with Crippen LogP contribution in [0, 0.1) is 0 Å². The molecule has 1 amide bonds. The monoisotopic (exact) mass is 875 g/mol. The summed E-state index contributed by atoms with van der Waals surface area (Å²) in [6.45, 7) is 1.32. The Morgan fingerprint density at radius 2 is 1.37 bits per heavy atom. The fourth-order valence-electron chi connectivity index (χ4n) is 6.96. The van der Waals surface area contributed by atoms with E-state index in [2.05, 4.69) is 5.32 Å². The van der Waals surface area contributed by atoms with E-state index >= 15 is 0 Å². The minimum Gasteiger partial charge on any atom is -0.497 e. The SMILES string of the molecule is COc1ccc(S(=O)(=O)N[C@@H](CCC(=O)O)C(=O)O)cc1.O=C(Nc1ccc(C2CCN([C@@H](C(=O)O)c3ccccc3)CC2)cc1)c1ccccc1-c1ccc(C(F)(F)F)cc1. The summed E-state index contributed by atoms with van der Waals surface area (Å²) in [4.78, 5) is 48.5. The van der Waals surface area contributed by atoms with Gasteiger partial charge < -0.3 is 25.4 Å². The van der Waals surface area contributed by atoms with Gasteiger partial charge in [0, 0.05) is 17.7 Å². The lowest BCUT2D eigenvalue weighted by Crippen LogP contribution is -2.41. The highest BCUT2D eigenvalue weighted by atomic mass is 32.2. The molecule has 62 heavy (non-hydrogen) atoms. The lowest BCUT2D eigenvalue weighted by atomic mass is 9.88. The van der Waals surface area contributed by atoms with Crippen molar-refractivity contribution in [2.45, 2.75) is 54.8 Å². The number of carboxylic acids is 3. The Bertz CT molecular complexity index is 2430. The van der Waals surface area contributed by atoms with Crippen LogP contribution >= 0.6 is 0 Å². The van der Waals surface area contributed by atoms with Crippen molar-refractivity contribution in [1.29, 1.82) is 0 Å². The Labute approximate surface area is 355 Å². The highest BCUT2D eigenvalue weighted by Gasteiger charge is 2.32. The molecule has 326 valence electrons. The number of amides is 1. The number of nitrogens with one attached hydrogen (secondary N) is 2. The van der Waals surface area contributed by atoms with E-state index < -0.39 is 58.2 Å². The number of ether oxygens (including phenoxy) is 1. The van der Waals surface area contributed by atoms with Crippen LogP contribution in [0.25, 0.3) is 11.1 Å². The van der Waals surface area contributed by atoms with Crippen LogP contribution in [0.1, 0.15) is 64.7 Å². The predicted octanol–water partition coefficient (Wildman–Crippen LogP) is 7.92. The zero-order chi connectivity index (χ0) is 45.0. The molecule has 0 spiro atoms. The molecule has 0 radical (unpaired) electrons. The first-order chi connectivity index (χ1) is 29.5. The number of carboxylic acid groups (broad SMARTS) is 3. The predicted molar refractivity (Wildman–Crippen MR) is 223 cm³/mol. The molecule has 13 nitrogen and oxygen atoms in total. The fraction of sp³-hybridized carbons (Fsp3) is 0.244. The second-order valence-corrected chi connectivity index (χ2v) is 16.0. The van der Waals surface area contributed by atoms with Gasteiger partial charge >= 0.3 is 24.1 Å². The van der Waals surface area contributed by atoms with Crippen molar-refractivity contribution < 1.29 is 60.8 Å². The van der Waals surface area contributed by atoms with Gasteiger partial charge in [-0.15, -0.1) is 0 Å². The first-order valence-corrected chi connectivity index (χ1v) is 20.8. The standard InChI is InChI=1S/C33H29F3N2O3.C12H15NO7S/c34-33(35,36)26-14-10-24(11-15-26)28-8-4-5-9-29(28)31(39)37-27-16-12-22(13-17-27)23-18-20-38(21-19-23)30(32(40)41)25-6-2-1-3-7-25;1-20-8-2-4-9(5-3-8)21(18,19)13-10(12(16)17)6-7-11(14)15/h1-17,23,30H,18-21H2,(H,37,39)(H,40,41);2-5,10,13H,6-7H2,1H3,(H,14,15)(H,16,17)/t30-;10-/m10/s1. The number of methoxy groups -OCH3 is 1. The zero-order valence-corrected chi connectivity index (χ0v) is 34.1. The molecule has 2 atom stereocenters. The number of hydrogen-bond donors (Lipinski definition) is 5. The van der Waals surface area contributed by atoms with E-state index in [0.717, 1.165) is 36.1 Å². The quantitative estimate of drug-likeness (QED) is 0.0685. The average Bonchev–Trinajstić information content (AvgIpc) is 3.26. The summed E-state index contributed by atoms with van der Waals surface area (Å²) in [7, 11) is -2.63. The Kier molecular flexibility index (Phi) is 15.6. The topological polar surface area (TPSA) is 200 Å². The summed E-state index contributed by atoms with van der Waals surface area (Å²) in [5.74, 6) is -3.12. The Balaban J connectivity index is 0.000000292. The van der Waals surface area contributed by atoms with Crippen molar-refractivity contribution in [3.05, 3.63) is 150 Å². The normalized spacial score (nSPS) is 14.4. The van der Waals surface area contributed by atoms with Crippen LogP contribution in [0.4, 0.5) is 18.9 Å². The summed E-state index contributed by atoms with van der Waals surface area (Å²) >= 11 is 0. The Morgan fingerprint density at radius 1 is 0.774 bits per heavy atom. The molecule has 5 aromatic carbocycles. The molecule has 0 aromatic heterocycles. The number of benzene rings is 5. The van der Waals surface area contributed by atoms with Crippen molar-refractivity contribution in [3.63, 3.8) is 0 Å². The smallest absolute Gasteiger partial charge is 0.416 e. The van der Waals surface area contributed by atoms with E-state index in [0.29, 0.717) is 41.2 Å². The van der Waals surface area contributed by atoms with Crippen molar-refractivity contribution in [1.82, 2.24) is 9.62 Å². The molecule has 0 unspecified atom stereocenters. The van der Waals surface area contributed by atoms with E-state index in [1.165, 1.54) is 43.5 Å². The second kappa shape index (κ2) is 20.8. The van der Waals surface area contributed by atoms with Gasteiger partial charge in [-0.1, -0.05) is 72.8 Å². The molecule has 0 bridgehead atoms. The van der Waals surface area contributed by atoms with Gasteiger partial charge in [-0.3, -0.25) is 24.1 Å². The van der Waals surface area contributed by atoms with Gasteiger partial charge in [0.25, 0.3) is 5.91 Å². The summed E-state index contributed by atoms with van der Waals surface area (Å²) < 4.78 is 69.8. The number of piperidine rings is 1. The van der Waals surface area contributed by atoms with Crippen LogP contribution < -0.4 is 14.8 Å². The highest BCUT2D eigenvalue weighted by Crippen LogP contribution is 2.34. The van der Waals surface area contributed by atoms with Crippen molar-refractivity contribution >= 4 is 39.5 Å². The molecule has 5 aromatic rings. The number of rotatable bonds is 15. The van der Waals surface area contributed by atoms with E-state index in [9.17, 15) is 45.9 Å². The molecule has 0 saturated carbocycles. The number of anilines is 1. The molecular formula is C45H44F3N3O10S. The summed E-state index contributed by atoms with van der Waals surface area (Å²) in [5.41, 5.74) is 3.17. The van der Waals surface area contributed by atoms with Crippen LogP contribution in [0.2, 0.25) is 0 Å². The first kappa shape index (κ1) is 46.5. The molecule has 6 rings (SSSR count). The maximum atomic E-state index is 13.1. The molecule has 0 aliphatic carbocycles. The largest absolute Gasteiger partial charge is 0.497 e. The fourth-order valence-corrected chi connectivity index (χ4v) is 8.18. The van der Waals surface area contributed by atoms with Crippen molar-refractivity contribution in [2.24, 2.45) is 0 Å². The Morgan fingerprint density at radius 3 is 1.92 bits per heavy atom. The van der Waals surface area contributed by atoms with Gasteiger partial charge in [-0.25, -0.2) is 8.42 Å². The highest BCUT2D eigenvalue weighted by molar-refractivity contribution is 7.89. The number of alkyl halides is 3. The second-order valence-electron chi connectivity index (χ2n) is 14.3. The van der Waals surface area contributed by atoms with Crippen LogP contribution in [-0.2, 0) is 30.6 Å². The van der Waals surface area contributed by atoms with E-state index in [1.807, 2.05) is 64.2 Å². The van der Waals surface area contributed by atoms with Gasteiger partial charge in [-0.2, -0.15) is 17.9 Å². The molecule has 1 aliphatic rings. The summed E-state index contributed by atoms with van der Waals surface area (Å²) in [5, 5.41) is 30.2. The van der Waals surface area contributed by atoms with Crippen LogP contribution in [0.3, 0.4) is 0 Å². The van der Waals surface area contributed by atoms with E-state index in [4.69, 9.17) is 14.9 Å². The van der Waals surface area contributed by atoms with Crippen LogP contribution in [-0.4, -0.2) is 78.7 Å². The van der Waals surface area contributed by atoms with Gasteiger partial charge in [0.15, 0.2) is 0 Å². The number of carbonyl (C=O) groups is 4. The zero-order valence-electron chi connectivity index (χ0n) is 33.3. The molecule has 1 aliphatic heterocycles. The molecular weight excluding hydrogens is 832 g/mol. The molecule has 17 heteroatoms.